The first-order chi connectivity index (χ1) is 10.5. The fourth-order valence-electron chi connectivity index (χ4n) is 2.02. The van der Waals surface area contributed by atoms with E-state index in [-0.39, 0.29) is 19.1 Å². The molecule has 122 valence electrons. The SMILES string of the molecule is CCC(CC)(CNC(=O)COc1ccc(OC)cc1)C(=O)O. The molecule has 6 heteroatoms. The third kappa shape index (κ3) is 4.65. The van der Waals surface area contributed by atoms with E-state index in [0.717, 1.165) is 0 Å². The molecule has 0 aliphatic carbocycles. The highest BCUT2D eigenvalue weighted by molar-refractivity contribution is 5.80. The maximum absolute atomic E-state index is 11.8. The number of rotatable bonds is 9. The summed E-state index contributed by atoms with van der Waals surface area (Å²) in [6.45, 7) is 3.55. The molecule has 1 amide bonds. The van der Waals surface area contributed by atoms with Gasteiger partial charge in [0.1, 0.15) is 11.5 Å². The normalized spacial score (nSPS) is 10.9. The van der Waals surface area contributed by atoms with Crippen LogP contribution in [0, 0.1) is 5.41 Å². The molecule has 0 radical (unpaired) electrons. The van der Waals surface area contributed by atoms with Gasteiger partial charge in [-0.05, 0) is 37.1 Å². The Labute approximate surface area is 130 Å². The molecule has 1 rings (SSSR count). The highest BCUT2D eigenvalue weighted by Gasteiger charge is 2.35. The van der Waals surface area contributed by atoms with E-state index in [1.54, 1.807) is 45.2 Å². The summed E-state index contributed by atoms with van der Waals surface area (Å²) in [4.78, 5) is 23.1. The average molecular weight is 309 g/mol. The number of benzene rings is 1. The molecule has 1 aromatic carbocycles. The summed E-state index contributed by atoms with van der Waals surface area (Å²) >= 11 is 0. The van der Waals surface area contributed by atoms with Crippen LogP contribution in [-0.2, 0) is 9.59 Å². The first kappa shape index (κ1) is 17.8. The lowest BCUT2D eigenvalue weighted by atomic mass is 9.82. The molecule has 22 heavy (non-hydrogen) atoms. The van der Waals surface area contributed by atoms with Crippen LogP contribution in [0.25, 0.3) is 0 Å². The van der Waals surface area contributed by atoms with Crippen molar-refractivity contribution in [3.63, 3.8) is 0 Å². The van der Waals surface area contributed by atoms with E-state index < -0.39 is 11.4 Å². The van der Waals surface area contributed by atoms with Crippen LogP contribution in [-0.4, -0.2) is 37.2 Å². The summed E-state index contributed by atoms with van der Waals surface area (Å²) in [6, 6.07) is 6.87. The number of aliphatic carboxylic acids is 1. The molecule has 0 saturated heterocycles. The van der Waals surface area contributed by atoms with Crippen LogP contribution in [0.4, 0.5) is 0 Å². The molecule has 2 N–H and O–H groups in total. The Kier molecular flexibility index (Phi) is 6.69. The summed E-state index contributed by atoms with van der Waals surface area (Å²) in [7, 11) is 1.57. The minimum absolute atomic E-state index is 0.0974. The van der Waals surface area contributed by atoms with Gasteiger partial charge in [-0.3, -0.25) is 9.59 Å². The monoisotopic (exact) mass is 309 g/mol. The van der Waals surface area contributed by atoms with Crippen molar-refractivity contribution < 1.29 is 24.2 Å². The van der Waals surface area contributed by atoms with Gasteiger partial charge in [-0.1, -0.05) is 13.8 Å². The van der Waals surface area contributed by atoms with E-state index in [4.69, 9.17) is 9.47 Å². The lowest BCUT2D eigenvalue weighted by Crippen LogP contribution is -2.43. The van der Waals surface area contributed by atoms with Crippen LogP contribution in [0.2, 0.25) is 0 Å². The molecular weight excluding hydrogens is 286 g/mol. The maximum Gasteiger partial charge on any atom is 0.311 e. The fraction of sp³-hybridized carbons (Fsp3) is 0.500. The second-order valence-electron chi connectivity index (χ2n) is 5.03. The molecule has 6 nitrogen and oxygen atoms in total. The molecule has 0 unspecified atom stereocenters. The zero-order valence-corrected chi connectivity index (χ0v) is 13.2. The number of methoxy groups -OCH3 is 1. The molecule has 0 aromatic heterocycles. The summed E-state index contributed by atoms with van der Waals surface area (Å²) in [5, 5.41) is 11.9. The van der Waals surface area contributed by atoms with Crippen molar-refractivity contribution in [3.05, 3.63) is 24.3 Å². The van der Waals surface area contributed by atoms with Crippen molar-refractivity contribution in [2.24, 2.45) is 5.41 Å². The minimum atomic E-state index is -0.921. The number of hydrogen-bond donors (Lipinski definition) is 2. The quantitative estimate of drug-likeness (QED) is 0.729. The molecule has 0 bridgehead atoms. The van der Waals surface area contributed by atoms with E-state index in [1.165, 1.54) is 0 Å². The Bertz CT molecular complexity index is 494. The van der Waals surface area contributed by atoms with Gasteiger partial charge in [0.25, 0.3) is 5.91 Å². The topological polar surface area (TPSA) is 84.9 Å². The Morgan fingerprint density at radius 1 is 1.14 bits per heavy atom. The van der Waals surface area contributed by atoms with Gasteiger partial charge in [0, 0.05) is 6.54 Å². The van der Waals surface area contributed by atoms with Gasteiger partial charge < -0.3 is 19.9 Å². The number of amides is 1. The largest absolute Gasteiger partial charge is 0.497 e. The molecule has 0 aliphatic rings. The van der Waals surface area contributed by atoms with E-state index in [1.807, 2.05) is 0 Å². The third-order valence-corrected chi connectivity index (χ3v) is 3.86. The predicted octanol–water partition coefficient (Wildman–Crippen LogP) is 2.08. The molecule has 0 saturated carbocycles. The second kappa shape index (κ2) is 8.26. The number of carboxylic acid groups (broad SMARTS) is 1. The van der Waals surface area contributed by atoms with E-state index in [9.17, 15) is 14.7 Å². The first-order valence-electron chi connectivity index (χ1n) is 7.24. The number of carbonyl (C=O) groups excluding carboxylic acids is 1. The molecule has 0 fully saturated rings. The second-order valence-corrected chi connectivity index (χ2v) is 5.03. The van der Waals surface area contributed by atoms with E-state index in [2.05, 4.69) is 5.32 Å². The van der Waals surface area contributed by atoms with Crippen LogP contribution in [0.3, 0.4) is 0 Å². The maximum atomic E-state index is 11.8. The van der Waals surface area contributed by atoms with Gasteiger partial charge in [-0.2, -0.15) is 0 Å². The van der Waals surface area contributed by atoms with E-state index >= 15 is 0 Å². The fourth-order valence-corrected chi connectivity index (χ4v) is 2.02. The van der Waals surface area contributed by atoms with Crippen LogP contribution in [0.1, 0.15) is 26.7 Å². The number of carbonyl (C=O) groups is 2. The molecule has 0 aliphatic heterocycles. The van der Waals surface area contributed by atoms with Crippen molar-refractivity contribution in [2.75, 3.05) is 20.3 Å². The predicted molar refractivity (Wildman–Crippen MR) is 82.1 cm³/mol. The Morgan fingerprint density at radius 2 is 1.68 bits per heavy atom. The van der Waals surface area contributed by atoms with Gasteiger partial charge in [0.15, 0.2) is 6.61 Å². The zero-order chi connectivity index (χ0) is 16.6. The van der Waals surface area contributed by atoms with Crippen LogP contribution < -0.4 is 14.8 Å². The third-order valence-electron chi connectivity index (χ3n) is 3.86. The zero-order valence-electron chi connectivity index (χ0n) is 13.2. The molecule has 0 atom stereocenters. The minimum Gasteiger partial charge on any atom is -0.497 e. The van der Waals surface area contributed by atoms with Crippen molar-refractivity contribution in [1.29, 1.82) is 0 Å². The summed E-state index contributed by atoms with van der Waals surface area (Å²) in [5.74, 6) is 0.0116. The summed E-state index contributed by atoms with van der Waals surface area (Å²) in [6.07, 6.45) is 0.914. The Hall–Kier alpha value is -2.24. The lowest BCUT2D eigenvalue weighted by molar-refractivity contribution is -0.149. The van der Waals surface area contributed by atoms with Gasteiger partial charge in [0.2, 0.25) is 0 Å². The van der Waals surface area contributed by atoms with Gasteiger partial charge in [-0.25, -0.2) is 0 Å². The van der Waals surface area contributed by atoms with Crippen molar-refractivity contribution in [3.8, 4) is 11.5 Å². The van der Waals surface area contributed by atoms with Crippen LogP contribution in [0.15, 0.2) is 24.3 Å². The van der Waals surface area contributed by atoms with Crippen molar-refractivity contribution >= 4 is 11.9 Å². The van der Waals surface area contributed by atoms with Gasteiger partial charge in [0.05, 0.1) is 12.5 Å². The standard InChI is InChI=1S/C16H23NO5/c1-4-16(5-2,15(19)20)11-17-14(18)10-22-13-8-6-12(21-3)7-9-13/h6-9H,4-5,10-11H2,1-3H3,(H,17,18)(H,19,20). The number of ether oxygens (including phenoxy) is 2. The summed E-state index contributed by atoms with van der Waals surface area (Å²) in [5.41, 5.74) is -0.921. The lowest BCUT2D eigenvalue weighted by Gasteiger charge is -2.26. The molecule has 0 spiro atoms. The average Bonchev–Trinajstić information content (AvgIpc) is 2.54. The number of carboxylic acids is 1. The number of hydrogen-bond acceptors (Lipinski definition) is 4. The first-order valence-corrected chi connectivity index (χ1v) is 7.24. The van der Waals surface area contributed by atoms with Crippen molar-refractivity contribution in [2.45, 2.75) is 26.7 Å². The Balaban J connectivity index is 2.47. The number of nitrogens with one attached hydrogen (secondary N) is 1. The van der Waals surface area contributed by atoms with E-state index in [0.29, 0.717) is 24.3 Å². The highest BCUT2D eigenvalue weighted by atomic mass is 16.5. The highest BCUT2D eigenvalue weighted by Crippen LogP contribution is 2.25. The molecule has 0 heterocycles. The van der Waals surface area contributed by atoms with Gasteiger partial charge in [-0.15, -0.1) is 0 Å². The van der Waals surface area contributed by atoms with Crippen LogP contribution >= 0.6 is 0 Å². The smallest absolute Gasteiger partial charge is 0.311 e. The Morgan fingerprint density at radius 3 is 2.14 bits per heavy atom. The summed E-state index contributed by atoms with van der Waals surface area (Å²) < 4.78 is 10.4. The van der Waals surface area contributed by atoms with Gasteiger partial charge >= 0.3 is 5.97 Å². The molecular formula is C16H23NO5. The van der Waals surface area contributed by atoms with Crippen molar-refractivity contribution in [1.82, 2.24) is 5.32 Å². The molecule has 1 aromatic rings. The van der Waals surface area contributed by atoms with Crippen LogP contribution in [0.5, 0.6) is 11.5 Å².